The second-order valence-corrected chi connectivity index (χ2v) is 5.53. The fraction of sp³-hybridized carbons (Fsp3) is 0.222. The molecule has 0 bridgehead atoms. The summed E-state index contributed by atoms with van der Waals surface area (Å²) in [5.41, 5.74) is 8.37. The number of carbonyl (C=O) groups excluding carboxylic acids is 2. The second-order valence-electron chi connectivity index (χ2n) is 5.53. The van der Waals surface area contributed by atoms with E-state index in [4.69, 9.17) is 5.73 Å². The maximum atomic E-state index is 13.6. The Balaban J connectivity index is 2.16. The minimum Gasteiger partial charge on any atom is -0.368 e. The van der Waals surface area contributed by atoms with E-state index in [2.05, 4.69) is 5.32 Å². The first-order chi connectivity index (χ1) is 10.9. The van der Waals surface area contributed by atoms with Gasteiger partial charge in [0.05, 0.1) is 5.56 Å². The number of nitrogens with two attached hydrogens (primary N) is 1. The van der Waals surface area contributed by atoms with Crippen molar-refractivity contribution in [3.05, 3.63) is 70.5 Å². The van der Waals surface area contributed by atoms with Crippen LogP contribution < -0.4 is 11.1 Å². The largest absolute Gasteiger partial charge is 0.368 e. The minimum atomic E-state index is -0.899. The van der Waals surface area contributed by atoms with Crippen LogP contribution in [0, 0.1) is 19.7 Å². The quantitative estimate of drug-likeness (QED) is 0.888. The number of rotatable bonds is 5. The standard InChI is InChI=1S/C18H19FN2O2/c1-11-7-8-13(9-12(11)2)10-16(17(20)22)21-18(23)14-5-3-4-6-15(14)19/h3-9,16H,10H2,1-2H3,(H2,20,22)(H,21,23)/t16-/m1/s1. The first-order valence-electron chi connectivity index (χ1n) is 7.29. The van der Waals surface area contributed by atoms with Crippen LogP contribution in [0.4, 0.5) is 4.39 Å². The van der Waals surface area contributed by atoms with Gasteiger partial charge >= 0.3 is 0 Å². The molecule has 0 aromatic heterocycles. The molecule has 23 heavy (non-hydrogen) atoms. The van der Waals surface area contributed by atoms with Crippen molar-refractivity contribution >= 4 is 11.8 Å². The van der Waals surface area contributed by atoms with Crippen LogP contribution in [0.2, 0.25) is 0 Å². The van der Waals surface area contributed by atoms with E-state index in [1.807, 2.05) is 32.0 Å². The third kappa shape index (κ3) is 4.16. The summed E-state index contributed by atoms with van der Waals surface area (Å²) in [6, 6.07) is 10.5. The Bertz CT molecular complexity index is 744. The van der Waals surface area contributed by atoms with Gasteiger partial charge in [0.25, 0.3) is 5.91 Å². The highest BCUT2D eigenvalue weighted by atomic mass is 19.1. The molecule has 2 aromatic rings. The molecule has 0 saturated carbocycles. The molecule has 5 heteroatoms. The first kappa shape index (κ1) is 16.7. The third-order valence-electron chi connectivity index (χ3n) is 3.78. The van der Waals surface area contributed by atoms with Gasteiger partial charge in [-0.05, 0) is 42.7 Å². The Morgan fingerprint density at radius 3 is 2.43 bits per heavy atom. The van der Waals surface area contributed by atoms with Gasteiger partial charge in [0.1, 0.15) is 11.9 Å². The number of primary amides is 1. The number of benzene rings is 2. The van der Waals surface area contributed by atoms with Crippen LogP contribution in [0.15, 0.2) is 42.5 Å². The van der Waals surface area contributed by atoms with Crippen molar-refractivity contribution < 1.29 is 14.0 Å². The lowest BCUT2D eigenvalue weighted by Gasteiger charge is -2.16. The Morgan fingerprint density at radius 1 is 1.13 bits per heavy atom. The fourth-order valence-corrected chi connectivity index (χ4v) is 2.27. The van der Waals surface area contributed by atoms with Crippen LogP contribution in [-0.4, -0.2) is 17.9 Å². The summed E-state index contributed by atoms with van der Waals surface area (Å²) in [6.07, 6.45) is 0.261. The zero-order chi connectivity index (χ0) is 17.0. The number of nitrogens with one attached hydrogen (secondary N) is 1. The Labute approximate surface area is 134 Å². The summed E-state index contributed by atoms with van der Waals surface area (Å²) in [5.74, 6) is -1.96. The van der Waals surface area contributed by atoms with E-state index in [1.165, 1.54) is 18.2 Å². The summed E-state index contributed by atoms with van der Waals surface area (Å²) in [5, 5.41) is 2.50. The van der Waals surface area contributed by atoms with E-state index >= 15 is 0 Å². The van der Waals surface area contributed by atoms with Crippen LogP contribution in [-0.2, 0) is 11.2 Å². The predicted octanol–water partition coefficient (Wildman–Crippen LogP) is 2.27. The van der Waals surface area contributed by atoms with Gasteiger partial charge in [-0.3, -0.25) is 9.59 Å². The topological polar surface area (TPSA) is 72.2 Å². The molecule has 0 unspecified atom stereocenters. The van der Waals surface area contributed by atoms with E-state index < -0.39 is 23.7 Å². The van der Waals surface area contributed by atoms with Crippen LogP contribution in [0.1, 0.15) is 27.0 Å². The van der Waals surface area contributed by atoms with Gasteiger partial charge in [0, 0.05) is 6.42 Å². The van der Waals surface area contributed by atoms with Crippen molar-refractivity contribution in [2.75, 3.05) is 0 Å². The maximum absolute atomic E-state index is 13.6. The predicted molar refractivity (Wildman–Crippen MR) is 86.5 cm³/mol. The summed E-state index contributed by atoms with van der Waals surface area (Å²) in [7, 11) is 0. The molecular weight excluding hydrogens is 295 g/mol. The SMILES string of the molecule is Cc1ccc(C[C@@H](NC(=O)c2ccccc2F)C(N)=O)cc1C. The van der Waals surface area contributed by atoms with E-state index in [9.17, 15) is 14.0 Å². The molecule has 0 aliphatic rings. The molecule has 2 rings (SSSR count). The second kappa shape index (κ2) is 7.05. The number of hydrogen-bond donors (Lipinski definition) is 2. The zero-order valence-electron chi connectivity index (χ0n) is 13.1. The van der Waals surface area contributed by atoms with Gasteiger partial charge in [0.15, 0.2) is 0 Å². The fourth-order valence-electron chi connectivity index (χ4n) is 2.27. The summed E-state index contributed by atoms with van der Waals surface area (Å²) < 4.78 is 13.6. The lowest BCUT2D eigenvalue weighted by atomic mass is 10.0. The lowest BCUT2D eigenvalue weighted by Crippen LogP contribution is -2.46. The Hall–Kier alpha value is -2.69. The summed E-state index contributed by atoms with van der Waals surface area (Å²) in [6.45, 7) is 3.96. The molecule has 0 aliphatic carbocycles. The normalized spacial score (nSPS) is 11.8. The van der Waals surface area contributed by atoms with Crippen LogP contribution in [0.5, 0.6) is 0 Å². The van der Waals surface area contributed by atoms with Gasteiger partial charge in [-0.15, -0.1) is 0 Å². The number of hydrogen-bond acceptors (Lipinski definition) is 2. The molecule has 2 amide bonds. The third-order valence-corrected chi connectivity index (χ3v) is 3.78. The molecule has 2 aromatic carbocycles. The van der Waals surface area contributed by atoms with Gasteiger partial charge < -0.3 is 11.1 Å². The first-order valence-corrected chi connectivity index (χ1v) is 7.29. The van der Waals surface area contributed by atoms with Crippen LogP contribution >= 0.6 is 0 Å². The highest BCUT2D eigenvalue weighted by molar-refractivity contribution is 5.97. The molecule has 0 radical (unpaired) electrons. The molecule has 3 N–H and O–H groups in total. The monoisotopic (exact) mass is 314 g/mol. The van der Waals surface area contributed by atoms with Gasteiger partial charge in [-0.25, -0.2) is 4.39 Å². The molecular formula is C18H19FN2O2. The maximum Gasteiger partial charge on any atom is 0.254 e. The number of aryl methyl sites for hydroxylation is 2. The lowest BCUT2D eigenvalue weighted by molar-refractivity contribution is -0.119. The highest BCUT2D eigenvalue weighted by Crippen LogP contribution is 2.12. The molecule has 4 nitrogen and oxygen atoms in total. The molecule has 0 fully saturated rings. The Kier molecular flexibility index (Phi) is 5.11. The van der Waals surface area contributed by atoms with E-state index in [-0.39, 0.29) is 12.0 Å². The molecule has 0 saturated heterocycles. The highest BCUT2D eigenvalue weighted by Gasteiger charge is 2.21. The number of halogens is 1. The average molecular weight is 314 g/mol. The summed E-state index contributed by atoms with van der Waals surface area (Å²) >= 11 is 0. The van der Waals surface area contributed by atoms with Gasteiger partial charge in [0.2, 0.25) is 5.91 Å². The van der Waals surface area contributed by atoms with Crippen molar-refractivity contribution in [1.29, 1.82) is 0 Å². The zero-order valence-corrected chi connectivity index (χ0v) is 13.1. The van der Waals surface area contributed by atoms with E-state index in [0.717, 1.165) is 16.7 Å². The summed E-state index contributed by atoms with van der Waals surface area (Å²) in [4.78, 5) is 23.8. The molecule has 120 valence electrons. The van der Waals surface area contributed by atoms with Crippen molar-refractivity contribution in [3.8, 4) is 0 Å². The number of carbonyl (C=O) groups is 2. The van der Waals surface area contributed by atoms with Gasteiger partial charge in [-0.2, -0.15) is 0 Å². The van der Waals surface area contributed by atoms with Crippen LogP contribution in [0.25, 0.3) is 0 Å². The Morgan fingerprint density at radius 2 is 1.83 bits per heavy atom. The van der Waals surface area contributed by atoms with Gasteiger partial charge in [-0.1, -0.05) is 30.3 Å². The van der Waals surface area contributed by atoms with Crippen molar-refractivity contribution in [2.45, 2.75) is 26.3 Å². The average Bonchev–Trinajstić information content (AvgIpc) is 2.50. The molecule has 0 spiro atoms. The number of amides is 2. The van der Waals surface area contributed by atoms with Crippen molar-refractivity contribution in [2.24, 2.45) is 5.73 Å². The molecule has 0 heterocycles. The smallest absolute Gasteiger partial charge is 0.254 e. The van der Waals surface area contributed by atoms with Crippen molar-refractivity contribution in [1.82, 2.24) is 5.32 Å². The minimum absolute atomic E-state index is 0.112. The van der Waals surface area contributed by atoms with E-state index in [0.29, 0.717) is 0 Å². The van der Waals surface area contributed by atoms with E-state index in [1.54, 1.807) is 6.07 Å². The van der Waals surface area contributed by atoms with Crippen molar-refractivity contribution in [3.63, 3.8) is 0 Å². The molecule has 1 atom stereocenters. The van der Waals surface area contributed by atoms with Crippen LogP contribution in [0.3, 0.4) is 0 Å². The molecule has 0 aliphatic heterocycles.